The zero-order valence-electron chi connectivity index (χ0n) is 12.5. The molecule has 0 aliphatic rings. The van der Waals surface area contributed by atoms with Crippen LogP contribution in [0.3, 0.4) is 0 Å². The standard InChI is InChI=1S/C18H34/c1-3-5-7-9-11-13-15-17-18-16-14-12-10-8-6-4-2/h7,9H,1-6,8,10-18H2. The van der Waals surface area contributed by atoms with Gasteiger partial charge in [-0.2, -0.15) is 0 Å². The Labute approximate surface area is 116 Å². The second-order valence-electron chi connectivity index (χ2n) is 5.29. The van der Waals surface area contributed by atoms with Gasteiger partial charge in [0.1, 0.15) is 0 Å². The molecular formula is C18H34. The number of unbranched alkanes of at least 4 members (excludes halogenated alkanes) is 12. The van der Waals surface area contributed by atoms with Crippen LogP contribution in [0, 0.1) is 13.8 Å². The lowest BCUT2D eigenvalue weighted by atomic mass is 10.1. The third kappa shape index (κ3) is 15.7. The van der Waals surface area contributed by atoms with E-state index in [1.807, 2.05) is 0 Å². The fourth-order valence-corrected chi connectivity index (χ4v) is 2.21. The molecule has 0 aromatic rings. The Morgan fingerprint density at radius 2 is 0.889 bits per heavy atom. The van der Waals surface area contributed by atoms with Crippen LogP contribution in [0.2, 0.25) is 0 Å². The molecule has 0 atom stereocenters. The maximum Gasteiger partial charge on any atom is -0.0351 e. The van der Waals surface area contributed by atoms with Gasteiger partial charge in [-0.25, -0.2) is 0 Å². The van der Waals surface area contributed by atoms with Crippen molar-refractivity contribution in [3.63, 3.8) is 0 Å². The largest absolute Gasteiger partial charge is 0.0885 e. The third-order valence-corrected chi connectivity index (χ3v) is 3.41. The predicted molar refractivity (Wildman–Crippen MR) is 84.5 cm³/mol. The van der Waals surface area contributed by atoms with E-state index in [1.165, 1.54) is 70.6 Å². The molecule has 0 aliphatic carbocycles. The van der Waals surface area contributed by atoms with Crippen LogP contribution in [-0.4, -0.2) is 0 Å². The van der Waals surface area contributed by atoms with Crippen LogP contribution < -0.4 is 0 Å². The van der Waals surface area contributed by atoms with Gasteiger partial charge in [0.05, 0.1) is 0 Å². The minimum Gasteiger partial charge on any atom is -0.0885 e. The van der Waals surface area contributed by atoms with E-state index < -0.39 is 0 Å². The van der Waals surface area contributed by atoms with E-state index in [9.17, 15) is 0 Å². The Morgan fingerprint density at radius 1 is 0.444 bits per heavy atom. The fraction of sp³-hybridized carbons (Fsp3) is 0.778. The Morgan fingerprint density at radius 3 is 1.39 bits per heavy atom. The summed E-state index contributed by atoms with van der Waals surface area (Å²) in [5, 5.41) is 0. The van der Waals surface area contributed by atoms with Gasteiger partial charge < -0.3 is 0 Å². The molecule has 0 amide bonds. The first-order valence-corrected chi connectivity index (χ1v) is 8.15. The third-order valence-electron chi connectivity index (χ3n) is 3.41. The van der Waals surface area contributed by atoms with Crippen LogP contribution in [0.4, 0.5) is 0 Å². The lowest BCUT2D eigenvalue weighted by Gasteiger charge is -2.01. The van der Waals surface area contributed by atoms with Crippen LogP contribution >= 0.6 is 0 Å². The minimum absolute atomic E-state index is 1.03. The molecular weight excluding hydrogens is 216 g/mol. The monoisotopic (exact) mass is 250 g/mol. The Balaban J connectivity index is 2.94. The first-order chi connectivity index (χ1) is 8.91. The molecule has 0 saturated carbocycles. The first-order valence-electron chi connectivity index (χ1n) is 8.15. The highest BCUT2D eigenvalue weighted by atomic mass is 14.0. The summed E-state index contributed by atoms with van der Waals surface area (Å²) in [6.45, 7) is 7.71. The molecule has 0 bridgehead atoms. The van der Waals surface area contributed by atoms with E-state index in [0.717, 1.165) is 19.3 Å². The van der Waals surface area contributed by atoms with Gasteiger partial charge in [0.15, 0.2) is 0 Å². The number of rotatable bonds is 14. The zero-order chi connectivity index (χ0) is 13.3. The summed E-state index contributed by atoms with van der Waals surface area (Å²) in [6.07, 6.45) is 23.3. The SMILES string of the molecule is [CH2]CCC=CCCCCCCCCCCCC[CH2]. The first kappa shape index (κ1) is 17.7. The van der Waals surface area contributed by atoms with Crippen LogP contribution in [-0.2, 0) is 0 Å². The highest BCUT2D eigenvalue weighted by Crippen LogP contribution is 2.12. The summed E-state index contributed by atoms with van der Waals surface area (Å²) in [5.74, 6) is 0. The lowest BCUT2D eigenvalue weighted by Crippen LogP contribution is -1.82. The van der Waals surface area contributed by atoms with Gasteiger partial charge >= 0.3 is 0 Å². The summed E-state index contributed by atoms with van der Waals surface area (Å²) in [5.41, 5.74) is 0. The van der Waals surface area contributed by atoms with E-state index in [-0.39, 0.29) is 0 Å². The maximum absolute atomic E-state index is 3.88. The van der Waals surface area contributed by atoms with E-state index >= 15 is 0 Å². The molecule has 18 heavy (non-hydrogen) atoms. The number of allylic oxidation sites excluding steroid dienone is 2. The predicted octanol–water partition coefficient (Wildman–Crippen LogP) is 6.67. The quantitative estimate of drug-likeness (QED) is 0.238. The fourth-order valence-electron chi connectivity index (χ4n) is 2.21. The normalized spacial score (nSPS) is 11.4. The van der Waals surface area contributed by atoms with Crippen molar-refractivity contribution in [2.75, 3.05) is 0 Å². The van der Waals surface area contributed by atoms with E-state index in [0.29, 0.717) is 0 Å². The Hall–Kier alpha value is -0.260. The molecule has 106 valence electrons. The van der Waals surface area contributed by atoms with E-state index in [4.69, 9.17) is 0 Å². The summed E-state index contributed by atoms with van der Waals surface area (Å²) >= 11 is 0. The molecule has 0 aliphatic heterocycles. The van der Waals surface area contributed by atoms with Crippen molar-refractivity contribution in [2.45, 2.75) is 89.9 Å². The van der Waals surface area contributed by atoms with Crippen molar-refractivity contribution in [3.8, 4) is 0 Å². The second-order valence-corrected chi connectivity index (χ2v) is 5.29. The zero-order valence-corrected chi connectivity index (χ0v) is 12.5. The van der Waals surface area contributed by atoms with Crippen LogP contribution in [0.1, 0.15) is 89.9 Å². The molecule has 0 aromatic carbocycles. The van der Waals surface area contributed by atoms with Crippen LogP contribution in [0.25, 0.3) is 0 Å². The summed E-state index contributed by atoms with van der Waals surface area (Å²) in [6, 6.07) is 0. The molecule has 0 fully saturated rings. The summed E-state index contributed by atoms with van der Waals surface area (Å²) in [4.78, 5) is 0. The van der Waals surface area contributed by atoms with Gasteiger partial charge in [0.2, 0.25) is 0 Å². The molecule has 0 nitrogen and oxygen atoms in total. The van der Waals surface area contributed by atoms with Crippen molar-refractivity contribution in [2.24, 2.45) is 0 Å². The maximum atomic E-state index is 3.88. The number of hydrogen-bond acceptors (Lipinski definition) is 0. The van der Waals surface area contributed by atoms with Gasteiger partial charge in [0, 0.05) is 0 Å². The molecule has 0 N–H and O–H groups in total. The highest BCUT2D eigenvalue weighted by Gasteiger charge is 1.92. The van der Waals surface area contributed by atoms with Gasteiger partial charge in [-0.15, -0.1) is 0 Å². The second kappa shape index (κ2) is 16.7. The van der Waals surface area contributed by atoms with Crippen molar-refractivity contribution < 1.29 is 0 Å². The van der Waals surface area contributed by atoms with Crippen LogP contribution in [0.5, 0.6) is 0 Å². The topological polar surface area (TPSA) is 0 Å². The lowest BCUT2D eigenvalue weighted by molar-refractivity contribution is 0.553. The van der Waals surface area contributed by atoms with Crippen molar-refractivity contribution in [1.29, 1.82) is 0 Å². The molecule has 0 heteroatoms. The van der Waals surface area contributed by atoms with E-state index in [2.05, 4.69) is 26.0 Å². The Kier molecular flexibility index (Phi) is 16.5. The smallest absolute Gasteiger partial charge is 0.0351 e. The summed E-state index contributed by atoms with van der Waals surface area (Å²) in [7, 11) is 0. The molecule has 0 rings (SSSR count). The minimum atomic E-state index is 1.03. The number of hydrogen-bond donors (Lipinski definition) is 0. The van der Waals surface area contributed by atoms with Gasteiger partial charge in [-0.1, -0.05) is 90.2 Å². The average molecular weight is 250 g/mol. The molecule has 0 heterocycles. The molecule has 0 unspecified atom stereocenters. The van der Waals surface area contributed by atoms with Crippen molar-refractivity contribution in [1.82, 2.24) is 0 Å². The van der Waals surface area contributed by atoms with Crippen molar-refractivity contribution >= 4 is 0 Å². The Bertz CT molecular complexity index is 157. The van der Waals surface area contributed by atoms with Crippen LogP contribution in [0.15, 0.2) is 12.2 Å². The van der Waals surface area contributed by atoms with Gasteiger partial charge in [-0.05, 0) is 25.7 Å². The van der Waals surface area contributed by atoms with Gasteiger partial charge in [-0.3, -0.25) is 0 Å². The molecule has 0 spiro atoms. The molecule has 0 aromatic heterocycles. The highest BCUT2D eigenvalue weighted by molar-refractivity contribution is 4.81. The average Bonchev–Trinajstić information content (AvgIpc) is 2.39. The van der Waals surface area contributed by atoms with Gasteiger partial charge in [0.25, 0.3) is 0 Å². The van der Waals surface area contributed by atoms with E-state index in [1.54, 1.807) is 0 Å². The molecule has 2 radical (unpaired) electrons. The van der Waals surface area contributed by atoms with Crippen molar-refractivity contribution in [3.05, 3.63) is 26.0 Å². The summed E-state index contributed by atoms with van der Waals surface area (Å²) < 4.78 is 0. The molecule has 0 saturated heterocycles.